The van der Waals surface area contributed by atoms with E-state index in [4.69, 9.17) is 5.73 Å². The van der Waals surface area contributed by atoms with Crippen LogP contribution in [0.25, 0.3) is 11.4 Å². The van der Waals surface area contributed by atoms with Crippen LogP contribution in [0.3, 0.4) is 0 Å². The summed E-state index contributed by atoms with van der Waals surface area (Å²) in [6.45, 7) is 1.78. The van der Waals surface area contributed by atoms with Gasteiger partial charge in [-0.2, -0.15) is 4.98 Å². The minimum absolute atomic E-state index is 0.327. The fraction of sp³-hybridized carbons (Fsp3) is 0.105. The Bertz CT molecular complexity index is 1010. The highest BCUT2D eigenvalue weighted by Crippen LogP contribution is 2.35. The van der Waals surface area contributed by atoms with E-state index >= 15 is 0 Å². The van der Waals surface area contributed by atoms with Crippen molar-refractivity contribution in [2.75, 3.05) is 5.32 Å². The topological polar surface area (TPSA) is 85.8 Å². The molecule has 0 fully saturated rings. The van der Waals surface area contributed by atoms with E-state index in [2.05, 4.69) is 15.4 Å². The molecule has 0 spiro atoms. The number of carbonyl (C=O) groups is 1. The highest BCUT2D eigenvalue weighted by molar-refractivity contribution is 5.95. The average molecular weight is 349 g/mol. The Labute approximate surface area is 149 Å². The van der Waals surface area contributed by atoms with E-state index in [0.717, 1.165) is 5.56 Å². The summed E-state index contributed by atoms with van der Waals surface area (Å²) < 4.78 is 14.8. The molecule has 130 valence electrons. The maximum atomic E-state index is 13.2. The van der Waals surface area contributed by atoms with Gasteiger partial charge >= 0.3 is 0 Å². The number of carbonyl (C=O) groups excluding carboxylic acids is 1. The van der Waals surface area contributed by atoms with Crippen LogP contribution in [0.5, 0.6) is 0 Å². The lowest BCUT2D eigenvalue weighted by molar-refractivity contribution is -0.115. The van der Waals surface area contributed by atoms with Gasteiger partial charge in [-0.1, -0.05) is 30.3 Å². The van der Waals surface area contributed by atoms with Gasteiger partial charge in [0.15, 0.2) is 5.82 Å². The van der Waals surface area contributed by atoms with E-state index in [0.29, 0.717) is 28.6 Å². The number of hydrogen-bond acceptors (Lipinski definition) is 4. The Balaban J connectivity index is 1.87. The first kappa shape index (κ1) is 16.0. The zero-order valence-corrected chi connectivity index (χ0v) is 14.0. The third-order valence-electron chi connectivity index (χ3n) is 4.34. The lowest BCUT2D eigenvalue weighted by atomic mass is 9.95. The molecule has 3 aromatic rings. The van der Waals surface area contributed by atoms with Gasteiger partial charge in [-0.25, -0.2) is 9.07 Å². The summed E-state index contributed by atoms with van der Waals surface area (Å²) in [4.78, 5) is 16.6. The summed E-state index contributed by atoms with van der Waals surface area (Å²) in [5.74, 6) is 0.0903. The smallest absolute Gasteiger partial charge is 0.248 e. The minimum atomic E-state index is -0.520. The second kappa shape index (κ2) is 6.11. The van der Waals surface area contributed by atoms with Crippen LogP contribution in [0.15, 0.2) is 65.9 Å². The normalized spacial score (nSPS) is 16.2. The Morgan fingerprint density at radius 1 is 1.15 bits per heavy atom. The van der Waals surface area contributed by atoms with Crippen molar-refractivity contribution in [2.24, 2.45) is 5.73 Å². The summed E-state index contributed by atoms with van der Waals surface area (Å²) in [6.07, 6.45) is 0. The van der Waals surface area contributed by atoms with Crippen LogP contribution in [-0.4, -0.2) is 20.7 Å². The van der Waals surface area contributed by atoms with Crippen LogP contribution in [0, 0.1) is 5.82 Å². The molecule has 0 aliphatic carbocycles. The Morgan fingerprint density at radius 2 is 1.85 bits per heavy atom. The number of anilines is 1. The second-order valence-corrected chi connectivity index (χ2v) is 6.05. The number of halogens is 1. The van der Waals surface area contributed by atoms with Crippen molar-refractivity contribution in [3.05, 3.63) is 77.2 Å². The Hall–Kier alpha value is -3.48. The fourth-order valence-corrected chi connectivity index (χ4v) is 3.13. The molecule has 0 saturated carbocycles. The van der Waals surface area contributed by atoms with Crippen LogP contribution >= 0.6 is 0 Å². The number of nitrogens with zero attached hydrogens (tertiary/aromatic N) is 3. The van der Waals surface area contributed by atoms with Crippen LogP contribution in [0.4, 0.5) is 10.3 Å². The highest BCUT2D eigenvalue weighted by Gasteiger charge is 2.33. The summed E-state index contributed by atoms with van der Waals surface area (Å²) in [5, 5.41) is 7.64. The first-order valence-electron chi connectivity index (χ1n) is 8.09. The molecule has 0 saturated heterocycles. The van der Waals surface area contributed by atoms with Crippen LogP contribution in [-0.2, 0) is 4.79 Å². The van der Waals surface area contributed by atoms with E-state index in [9.17, 15) is 9.18 Å². The summed E-state index contributed by atoms with van der Waals surface area (Å²) in [7, 11) is 0. The molecule has 7 heteroatoms. The molecule has 26 heavy (non-hydrogen) atoms. The Kier molecular flexibility index (Phi) is 3.76. The van der Waals surface area contributed by atoms with Gasteiger partial charge in [0, 0.05) is 11.3 Å². The van der Waals surface area contributed by atoms with Gasteiger partial charge in [-0.05, 0) is 36.8 Å². The predicted molar refractivity (Wildman–Crippen MR) is 95.5 cm³/mol. The predicted octanol–water partition coefficient (Wildman–Crippen LogP) is 2.86. The van der Waals surface area contributed by atoms with Gasteiger partial charge in [0.05, 0.1) is 5.57 Å². The summed E-state index contributed by atoms with van der Waals surface area (Å²) >= 11 is 0. The van der Waals surface area contributed by atoms with Crippen molar-refractivity contribution >= 4 is 11.9 Å². The van der Waals surface area contributed by atoms with E-state index in [-0.39, 0.29) is 5.82 Å². The average Bonchev–Trinajstić information content (AvgIpc) is 3.05. The first-order valence-corrected chi connectivity index (χ1v) is 8.09. The standard InChI is InChI=1S/C19H16FN5O/c1-11-15(17(21)26)16(12-5-3-2-4-6-12)25-19(22-11)23-18(24-25)13-7-9-14(20)10-8-13/h2-10,16H,1H3,(H2,21,26)(H,22,23,24). The van der Waals surface area contributed by atoms with E-state index < -0.39 is 11.9 Å². The maximum Gasteiger partial charge on any atom is 0.248 e. The lowest BCUT2D eigenvalue weighted by Gasteiger charge is -2.27. The van der Waals surface area contributed by atoms with Gasteiger partial charge in [0.2, 0.25) is 11.9 Å². The van der Waals surface area contributed by atoms with Gasteiger partial charge < -0.3 is 11.1 Å². The van der Waals surface area contributed by atoms with Crippen molar-refractivity contribution in [3.63, 3.8) is 0 Å². The van der Waals surface area contributed by atoms with Crippen molar-refractivity contribution in [2.45, 2.75) is 13.0 Å². The first-order chi connectivity index (χ1) is 12.5. The summed E-state index contributed by atoms with van der Waals surface area (Å²) in [6, 6.07) is 15.0. The number of aromatic nitrogens is 3. The molecule has 2 heterocycles. The third kappa shape index (κ3) is 2.63. The lowest BCUT2D eigenvalue weighted by Crippen LogP contribution is -2.31. The fourth-order valence-electron chi connectivity index (χ4n) is 3.13. The number of amides is 1. The van der Waals surface area contributed by atoms with E-state index in [1.807, 2.05) is 30.3 Å². The van der Waals surface area contributed by atoms with Crippen molar-refractivity contribution < 1.29 is 9.18 Å². The number of fused-ring (bicyclic) bond motifs is 1. The third-order valence-corrected chi connectivity index (χ3v) is 4.34. The van der Waals surface area contributed by atoms with Crippen LogP contribution in [0.1, 0.15) is 18.5 Å². The maximum absolute atomic E-state index is 13.2. The molecule has 2 aromatic carbocycles. The van der Waals surface area contributed by atoms with Crippen molar-refractivity contribution in [1.82, 2.24) is 14.8 Å². The monoisotopic (exact) mass is 349 g/mol. The molecule has 0 bridgehead atoms. The number of hydrogen-bond donors (Lipinski definition) is 2. The van der Waals surface area contributed by atoms with E-state index in [1.54, 1.807) is 23.7 Å². The molecule has 1 amide bonds. The quantitative estimate of drug-likeness (QED) is 0.761. The largest absolute Gasteiger partial charge is 0.366 e. The number of nitrogens with one attached hydrogen (secondary N) is 1. The van der Waals surface area contributed by atoms with Gasteiger partial charge in [0.25, 0.3) is 0 Å². The van der Waals surface area contributed by atoms with Gasteiger partial charge in [0.1, 0.15) is 11.9 Å². The number of rotatable bonds is 3. The number of nitrogens with two attached hydrogens (primary N) is 1. The molecule has 0 radical (unpaired) electrons. The molecular weight excluding hydrogens is 333 g/mol. The van der Waals surface area contributed by atoms with Crippen LogP contribution < -0.4 is 11.1 Å². The van der Waals surface area contributed by atoms with E-state index in [1.165, 1.54) is 12.1 Å². The summed E-state index contributed by atoms with van der Waals surface area (Å²) in [5.41, 5.74) is 8.26. The molecule has 4 rings (SSSR count). The molecule has 1 unspecified atom stereocenters. The molecule has 1 aromatic heterocycles. The number of benzene rings is 2. The SMILES string of the molecule is CC1=C(C(N)=O)C(c2ccccc2)n2nc(-c3ccc(F)cc3)nc2N1. The number of allylic oxidation sites excluding steroid dienone is 1. The highest BCUT2D eigenvalue weighted by atomic mass is 19.1. The molecule has 1 atom stereocenters. The van der Waals surface area contributed by atoms with Crippen LogP contribution in [0.2, 0.25) is 0 Å². The molecule has 6 nitrogen and oxygen atoms in total. The molecular formula is C19H16FN5O. The van der Waals surface area contributed by atoms with Gasteiger partial charge in [-0.3, -0.25) is 4.79 Å². The molecule has 1 aliphatic heterocycles. The van der Waals surface area contributed by atoms with Crippen molar-refractivity contribution in [1.29, 1.82) is 0 Å². The van der Waals surface area contributed by atoms with Crippen molar-refractivity contribution in [3.8, 4) is 11.4 Å². The molecule has 1 aliphatic rings. The zero-order valence-electron chi connectivity index (χ0n) is 14.0. The molecule has 3 N–H and O–H groups in total. The second-order valence-electron chi connectivity index (χ2n) is 6.05. The zero-order chi connectivity index (χ0) is 18.3. The van der Waals surface area contributed by atoms with Gasteiger partial charge in [-0.15, -0.1) is 5.10 Å². The Morgan fingerprint density at radius 3 is 2.50 bits per heavy atom. The minimum Gasteiger partial charge on any atom is -0.366 e. The number of primary amides is 1.